The maximum atomic E-state index is 12.4. The fourth-order valence-corrected chi connectivity index (χ4v) is 2.59. The minimum atomic E-state index is -0.657. The first kappa shape index (κ1) is 19.8. The van der Waals surface area contributed by atoms with Crippen LogP contribution in [0, 0.1) is 5.92 Å². The molecule has 1 atom stereocenters. The third-order valence-corrected chi connectivity index (χ3v) is 4.10. The van der Waals surface area contributed by atoms with Crippen molar-refractivity contribution >= 4 is 23.4 Å². The first-order valence-electron chi connectivity index (χ1n) is 8.50. The molecule has 0 radical (unpaired) electrons. The lowest BCUT2D eigenvalue weighted by molar-refractivity contribution is -0.124. The van der Waals surface area contributed by atoms with Gasteiger partial charge in [-0.15, -0.1) is 0 Å². The molecule has 0 saturated carbocycles. The summed E-state index contributed by atoms with van der Waals surface area (Å²) in [6, 6.07) is 15.5. The zero-order valence-electron chi connectivity index (χ0n) is 14.9. The van der Waals surface area contributed by atoms with Gasteiger partial charge in [-0.05, 0) is 30.2 Å². The van der Waals surface area contributed by atoms with Gasteiger partial charge >= 0.3 is 0 Å². The van der Waals surface area contributed by atoms with E-state index in [-0.39, 0.29) is 17.7 Å². The minimum absolute atomic E-state index is 0.0727. The molecule has 0 aliphatic rings. The first-order chi connectivity index (χ1) is 12.5. The Morgan fingerprint density at radius 2 is 1.69 bits per heavy atom. The summed E-state index contributed by atoms with van der Waals surface area (Å²) in [4.78, 5) is 24.8. The van der Waals surface area contributed by atoms with Crippen molar-refractivity contribution in [2.45, 2.75) is 19.9 Å². The summed E-state index contributed by atoms with van der Waals surface area (Å²) < 4.78 is 5.54. The molecule has 2 aromatic carbocycles. The molecule has 0 aliphatic carbocycles. The second-order valence-electron chi connectivity index (χ2n) is 6.13. The highest BCUT2D eigenvalue weighted by atomic mass is 35.5. The molecular weight excluding hydrogens is 352 g/mol. The van der Waals surface area contributed by atoms with Crippen LogP contribution in [-0.2, 0) is 4.79 Å². The van der Waals surface area contributed by atoms with Crippen LogP contribution in [-0.4, -0.2) is 31.0 Å². The van der Waals surface area contributed by atoms with E-state index in [1.54, 1.807) is 24.3 Å². The van der Waals surface area contributed by atoms with Crippen LogP contribution in [0.4, 0.5) is 0 Å². The third kappa shape index (κ3) is 5.77. The normalized spacial score (nSPS) is 11.7. The molecule has 0 fully saturated rings. The second kappa shape index (κ2) is 9.82. The number of para-hydroxylation sites is 1. The van der Waals surface area contributed by atoms with Crippen molar-refractivity contribution in [2.24, 2.45) is 5.92 Å². The Labute approximate surface area is 158 Å². The van der Waals surface area contributed by atoms with Gasteiger partial charge in [-0.2, -0.15) is 0 Å². The van der Waals surface area contributed by atoms with Crippen molar-refractivity contribution in [1.29, 1.82) is 0 Å². The standard InChI is InChI=1S/C20H23ClN2O3/c1-14(2)18(23-19(24)16-10-6-7-11-17(16)21)20(25)22-12-13-26-15-8-4-3-5-9-15/h3-11,14,18H,12-13H2,1-2H3,(H,22,25)(H,23,24)/t18-/m0/s1. The van der Waals surface area contributed by atoms with Gasteiger partial charge in [-0.3, -0.25) is 9.59 Å². The zero-order valence-corrected chi connectivity index (χ0v) is 15.6. The van der Waals surface area contributed by atoms with Gasteiger partial charge in [-0.1, -0.05) is 55.8 Å². The number of hydrogen-bond donors (Lipinski definition) is 2. The Kier molecular flexibility index (Phi) is 7.48. The molecule has 0 saturated heterocycles. The topological polar surface area (TPSA) is 67.4 Å². The van der Waals surface area contributed by atoms with Crippen molar-refractivity contribution in [1.82, 2.24) is 10.6 Å². The molecule has 138 valence electrons. The lowest BCUT2D eigenvalue weighted by Crippen LogP contribution is -2.50. The van der Waals surface area contributed by atoms with E-state index in [0.29, 0.717) is 23.7 Å². The molecule has 2 aromatic rings. The number of halogens is 1. The largest absolute Gasteiger partial charge is 0.492 e. The molecule has 2 N–H and O–H groups in total. The van der Waals surface area contributed by atoms with Crippen LogP contribution in [0.3, 0.4) is 0 Å². The summed E-state index contributed by atoms with van der Waals surface area (Å²) in [6.45, 7) is 4.44. The average molecular weight is 375 g/mol. The van der Waals surface area contributed by atoms with Crippen molar-refractivity contribution in [3.8, 4) is 5.75 Å². The quantitative estimate of drug-likeness (QED) is 0.697. The number of ether oxygens (including phenoxy) is 1. The van der Waals surface area contributed by atoms with Gasteiger partial charge < -0.3 is 15.4 Å². The Morgan fingerprint density at radius 1 is 1.04 bits per heavy atom. The maximum Gasteiger partial charge on any atom is 0.253 e. The van der Waals surface area contributed by atoms with Crippen molar-refractivity contribution in [3.05, 3.63) is 65.2 Å². The van der Waals surface area contributed by atoms with E-state index < -0.39 is 6.04 Å². The number of amides is 2. The Balaban J connectivity index is 1.87. The number of rotatable bonds is 8. The molecule has 0 spiro atoms. The summed E-state index contributed by atoms with van der Waals surface area (Å²) in [6.07, 6.45) is 0. The molecule has 0 aromatic heterocycles. The van der Waals surface area contributed by atoms with Crippen LogP contribution in [0.15, 0.2) is 54.6 Å². The Morgan fingerprint density at radius 3 is 2.35 bits per heavy atom. The highest BCUT2D eigenvalue weighted by molar-refractivity contribution is 6.33. The monoisotopic (exact) mass is 374 g/mol. The number of hydrogen-bond acceptors (Lipinski definition) is 3. The predicted octanol–water partition coefficient (Wildman–Crippen LogP) is 3.29. The molecule has 2 rings (SSSR count). The van der Waals surface area contributed by atoms with Gasteiger partial charge in [0.25, 0.3) is 5.91 Å². The summed E-state index contributed by atoms with van der Waals surface area (Å²) in [5, 5.41) is 5.90. The smallest absolute Gasteiger partial charge is 0.253 e. The van der Waals surface area contributed by atoms with Crippen LogP contribution < -0.4 is 15.4 Å². The number of benzene rings is 2. The number of nitrogens with one attached hydrogen (secondary N) is 2. The van der Waals surface area contributed by atoms with E-state index in [4.69, 9.17) is 16.3 Å². The number of carbonyl (C=O) groups excluding carboxylic acids is 2. The van der Waals surface area contributed by atoms with Gasteiger partial charge in [0.05, 0.1) is 17.1 Å². The van der Waals surface area contributed by atoms with E-state index in [1.807, 2.05) is 44.2 Å². The SMILES string of the molecule is CC(C)[C@H](NC(=O)c1ccccc1Cl)C(=O)NCCOc1ccccc1. The molecule has 0 heterocycles. The lowest BCUT2D eigenvalue weighted by atomic mass is 10.0. The maximum absolute atomic E-state index is 12.4. The van der Waals surface area contributed by atoms with Crippen molar-refractivity contribution < 1.29 is 14.3 Å². The number of carbonyl (C=O) groups is 2. The third-order valence-electron chi connectivity index (χ3n) is 3.77. The van der Waals surface area contributed by atoms with Crippen LogP contribution >= 0.6 is 11.6 Å². The average Bonchev–Trinajstić information content (AvgIpc) is 2.64. The van der Waals surface area contributed by atoms with Crippen LogP contribution in [0.25, 0.3) is 0 Å². The molecule has 5 nitrogen and oxygen atoms in total. The van der Waals surface area contributed by atoms with Gasteiger partial charge in [0.2, 0.25) is 5.91 Å². The Bertz CT molecular complexity index is 735. The minimum Gasteiger partial charge on any atom is -0.492 e. The molecular formula is C20H23ClN2O3. The van der Waals surface area contributed by atoms with Gasteiger partial charge in [0.1, 0.15) is 18.4 Å². The van der Waals surface area contributed by atoms with Crippen molar-refractivity contribution in [2.75, 3.05) is 13.2 Å². The molecule has 26 heavy (non-hydrogen) atoms. The van der Waals surface area contributed by atoms with E-state index in [0.717, 1.165) is 5.75 Å². The summed E-state index contributed by atoms with van der Waals surface area (Å²) in [7, 11) is 0. The molecule has 6 heteroatoms. The van der Waals surface area contributed by atoms with Gasteiger partial charge in [0, 0.05) is 0 Å². The fraction of sp³-hybridized carbons (Fsp3) is 0.300. The van der Waals surface area contributed by atoms with E-state index in [1.165, 1.54) is 0 Å². The summed E-state index contributed by atoms with van der Waals surface area (Å²) in [5.74, 6) is 0.0488. The van der Waals surface area contributed by atoms with E-state index in [2.05, 4.69) is 10.6 Å². The van der Waals surface area contributed by atoms with Gasteiger partial charge in [-0.25, -0.2) is 0 Å². The fourth-order valence-electron chi connectivity index (χ4n) is 2.37. The van der Waals surface area contributed by atoms with Crippen molar-refractivity contribution in [3.63, 3.8) is 0 Å². The van der Waals surface area contributed by atoms with Crippen LogP contribution in [0.5, 0.6) is 5.75 Å². The van der Waals surface area contributed by atoms with E-state index >= 15 is 0 Å². The van der Waals surface area contributed by atoms with Crippen LogP contribution in [0.1, 0.15) is 24.2 Å². The van der Waals surface area contributed by atoms with Gasteiger partial charge in [0.15, 0.2) is 0 Å². The second-order valence-corrected chi connectivity index (χ2v) is 6.53. The molecule has 0 aliphatic heterocycles. The lowest BCUT2D eigenvalue weighted by Gasteiger charge is -2.22. The predicted molar refractivity (Wildman–Crippen MR) is 102 cm³/mol. The highest BCUT2D eigenvalue weighted by Crippen LogP contribution is 2.15. The zero-order chi connectivity index (χ0) is 18.9. The first-order valence-corrected chi connectivity index (χ1v) is 8.87. The summed E-state index contributed by atoms with van der Waals surface area (Å²) >= 11 is 6.04. The summed E-state index contributed by atoms with van der Waals surface area (Å²) in [5.41, 5.74) is 0.347. The Hall–Kier alpha value is -2.53. The highest BCUT2D eigenvalue weighted by Gasteiger charge is 2.25. The van der Waals surface area contributed by atoms with E-state index in [9.17, 15) is 9.59 Å². The molecule has 0 unspecified atom stereocenters. The molecule has 2 amide bonds. The van der Waals surface area contributed by atoms with Crippen LogP contribution in [0.2, 0.25) is 5.02 Å². The molecule has 0 bridgehead atoms.